The van der Waals surface area contributed by atoms with E-state index in [0.29, 0.717) is 32.0 Å². The lowest BCUT2D eigenvalue weighted by atomic mass is 10.1. The number of rotatable bonds is 6. The number of nitrogens with zero attached hydrogens (tertiary/aromatic N) is 3. The van der Waals surface area contributed by atoms with E-state index in [-0.39, 0.29) is 11.8 Å². The Labute approximate surface area is 151 Å². The Balaban J connectivity index is 1.67. The van der Waals surface area contributed by atoms with Crippen LogP contribution < -0.4 is 5.32 Å². The first kappa shape index (κ1) is 17.7. The van der Waals surface area contributed by atoms with Crippen molar-refractivity contribution < 1.29 is 9.59 Å². The normalized spacial score (nSPS) is 16.8. The zero-order valence-electron chi connectivity index (χ0n) is 14.6. The Morgan fingerprint density at radius 1 is 1.40 bits per heavy atom. The summed E-state index contributed by atoms with van der Waals surface area (Å²) in [7, 11) is 0. The molecule has 1 N–H and O–H groups in total. The third-order valence-corrected chi connectivity index (χ3v) is 5.28. The van der Waals surface area contributed by atoms with Crippen LogP contribution in [0.1, 0.15) is 43.3 Å². The molecule has 0 saturated carbocycles. The fourth-order valence-electron chi connectivity index (χ4n) is 2.95. The third-order valence-electron chi connectivity index (χ3n) is 4.40. The highest BCUT2D eigenvalue weighted by Crippen LogP contribution is 2.22. The minimum atomic E-state index is -0.471. The van der Waals surface area contributed by atoms with Crippen molar-refractivity contribution in [3.63, 3.8) is 0 Å². The fourth-order valence-corrected chi connectivity index (χ4v) is 3.60. The van der Waals surface area contributed by atoms with Gasteiger partial charge in [0.25, 0.3) is 0 Å². The van der Waals surface area contributed by atoms with Crippen molar-refractivity contribution in [2.24, 2.45) is 5.92 Å². The lowest BCUT2D eigenvalue weighted by molar-refractivity contribution is -0.135. The van der Waals surface area contributed by atoms with Crippen molar-refractivity contribution >= 4 is 23.2 Å². The number of carbonyl (C=O) groups excluding carboxylic acids is 2. The molecule has 0 aromatic carbocycles. The van der Waals surface area contributed by atoms with Crippen LogP contribution in [0.4, 0.5) is 0 Å². The van der Waals surface area contributed by atoms with E-state index in [9.17, 15) is 9.59 Å². The average molecular weight is 360 g/mol. The number of fused-ring (bicyclic) bond motifs is 1. The summed E-state index contributed by atoms with van der Waals surface area (Å²) in [6.45, 7) is 5.62. The maximum Gasteiger partial charge on any atom is 0.247 e. The molecule has 2 aromatic rings. The molecule has 1 aliphatic rings. The molecule has 0 aliphatic carbocycles. The summed E-state index contributed by atoms with van der Waals surface area (Å²) >= 11 is 1.61. The molecular weight excluding hydrogens is 336 g/mol. The number of carbonyl (C=O) groups is 2. The van der Waals surface area contributed by atoms with Crippen LogP contribution >= 0.6 is 11.3 Å². The van der Waals surface area contributed by atoms with Crippen LogP contribution in [0.25, 0.3) is 0 Å². The number of thiophene rings is 1. The van der Waals surface area contributed by atoms with E-state index in [2.05, 4.69) is 24.3 Å². The number of amides is 2. The molecule has 0 bridgehead atoms. The van der Waals surface area contributed by atoms with Gasteiger partial charge in [-0.1, -0.05) is 19.9 Å². The molecule has 25 heavy (non-hydrogen) atoms. The van der Waals surface area contributed by atoms with Gasteiger partial charge in [0.15, 0.2) is 0 Å². The lowest BCUT2D eigenvalue weighted by Gasteiger charge is -2.33. The monoisotopic (exact) mass is 360 g/mol. The topological polar surface area (TPSA) is 67.2 Å². The van der Waals surface area contributed by atoms with E-state index in [0.717, 1.165) is 17.0 Å². The second-order valence-corrected chi connectivity index (χ2v) is 7.82. The summed E-state index contributed by atoms with van der Waals surface area (Å²) in [5.74, 6) is 0.501. The minimum absolute atomic E-state index is 0.0975. The van der Waals surface area contributed by atoms with Crippen LogP contribution in [0.2, 0.25) is 0 Å². The number of nitrogens with one attached hydrogen (secondary N) is 1. The summed E-state index contributed by atoms with van der Waals surface area (Å²) in [6, 6.07) is 5.36. The summed E-state index contributed by atoms with van der Waals surface area (Å²) in [5, 5.41) is 9.25. The summed E-state index contributed by atoms with van der Waals surface area (Å²) < 4.78 is 1.75. The molecule has 134 valence electrons. The van der Waals surface area contributed by atoms with Crippen LogP contribution in [-0.4, -0.2) is 33.0 Å². The second-order valence-electron chi connectivity index (χ2n) is 6.79. The molecule has 1 atom stereocenters. The standard InChI is InChI=1S/C18H24N4O2S/c1-13(2)5-6-17(23)21-11-14-7-8-20-22(14)16(12-21)18(24)19-10-15-4-3-9-25-15/h3-4,7-9,13,16H,5-6,10-12H2,1-2H3,(H,19,24). The van der Waals surface area contributed by atoms with E-state index < -0.39 is 6.04 Å². The van der Waals surface area contributed by atoms with E-state index >= 15 is 0 Å². The van der Waals surface area contributed by atoms with Gasteiger partial charge in [0, 0.05) is 17.5 Å². The molecular formula is C18H24N4O2S. The Morgan fingerprint density at radius 3 is 2.96 bits per heavy atom. The first-order valence-electron chi connectivity index (χ1n) is 8.65. The van der Waals surface area contributed by atoms with Gasteiger partial charge in [-0.2, -0.15) is 5.10 Å². The first-order chi connectivity index (χ1) is 12.0. The maximum absolute atomic E-state index is 12.7. The molecule has 3 rings (SSSR count). The zero-order valence-corrected chi connectivity index (χ0v) is 15.5. The summed E-state index contributed by atoms with van der Waals surface area (Å²) in [4.78, 5) is 28.1. The molecule has 1 aliphatic heterocycles. The molecule has 2 amide bonds. The van der Waals surface area contributed by atoms with Gasteiger partial charge in [0.2, 0.25) is 11.8 Å². The van der Waals surface area contributed by atoms with Crippen LogP contribution in [0.5, 0.6) is 0 Å². The SMILES string of the molecule is CC(C)CCC(=O)N1Cc2ccnn2C(C(=O)NCc2cccs2)C1. The Hall–Kier alpha value is -2.15. The predicted molar refractivity (Wildman–Crippen MR) is 96.9 cm³/mol. The molecule has 0 saturated heterocycles. The highest BCUT2D eigenvalue weighted by Gasteiger charge is 2.32. The Morgan fingerprint density at radius 2 is 2.24 bits per heavy atom. The van der Waals surface area contributed by atoms with E-state index in [4.69, 9.17) is 0 Å². The summed E-state index contributed by atoms with van der Waals surface area (Å²) in [5.41, 5.74) is 0.903. The van der Waals surface area contributed by atoms with Crippen molar-refractivity contribution in [1.29, 1.82) is 0 Å². The van der Waals surface area contributed by atoms with Crippen LogP contribution in [0.3, 0.4) is 0 Å². The van der Waals surface area contributed by atoms with Crippen molar-refractivity contribution in [2.45, 2.75) is 45.8 Å². The van der Waals surface area contributed by atoms with E-state index in [1.165, 1.54) is 0 Å². The van der Waals surface area contributed by atoms with Crippen molar-refractivity contribution in [3.8, 4) is 0 Å². The van der Waals surface area contributed by atoms with Crippen molar-refractivity contribution in [3.05, 3.63) is 40.3 Å². The minimum Gasteiger partial charge on any atom is -0.349 e. The smallest absolute Gasteiger partial charge is 0.247 e. The summed E-state index contributed by atoms with van der Waals surface area (Å²) in [6.07, 6.45) is 3.08. The number of hydrogen-bond donors (Lipinski definition) is 1. The molecule has 7 heteroatoms. The Bertz CT molecular complexity index is 723. The van der Waals surface area contributed by atoms with E-state index in [1.807, 2.05) is 23.6 Å². The number of hydrogen-bond acceptors (Lipinski definition) is 4. The highest BCUT2D eigenvalue weighted by atomic mass is 32.1. The Kier molecular flexibility index (Phi) is 5.53. The predicted octanol–water partition coefficient (Wildman–Crippen LogP) is 2.58. The molecule has 2 aromatic heterocycles. The van der Waals surface area contributed by atoms with Crippen LogP contribution in [-0.2, 0) is 22.7 Å². The van der Waals surface area contributed by atoms with Gasteiger partial charge in [-0.05, 0) is 29.9 Å². The third kappa shape index (κ3) is 4.28. The van der Waals surface area contributed by atoms with Crippen molar-refractivity contribution in [2.75, 3.05) is 6.54 Å². The van der Waals surface area contributed by atoms with Gasteiger partial charge in [-0.15, -0.1) is 11.3 Å². The largest absolute Gasteiger partial charge is 0.349 e. The lowest BCUT2D eigenvalue weighted by Crippen LogP contribution is -2.46. The van der Waals surface area contributed by atoms with Crippen molar-refractivity contribution in [1.82, 2.24) is 20.0 Å². The van der Waals surface area contributed by atoms with Crippen LogP contribution in [0.15, 0.2) is 29.8 Å². The number of aromatic nitrogens is 2. The van der Waals surface area contributed by atoms with Gasteiger partial charge in [0.05, 0.1) is 25.3 Å². The molecule has 1 unspecified atom stereocenters. The van der Waals surface area contributed by atoms with Gasteiger partial charge in [0.1, 0.15) is 6.04 Å². The quantitative estimate of drug-likeness (QED) is 0.861. The molecule has 3 heterocycles. The molecule has 0 spiro atoms. The van der Waals surface area contributed by atoms with Gasteiger partial charge < -0.3 is 10.2 Å². The fraction of sp³-hybridized carbons (Fsp3) is 0.500. The van der Waals surface area contributed by atoms with Gasteiger partial charge in [-0.3, -0.25) is 14.3 Å². The maximum atomic E-state index is 12.7. The van der Waals surface area contributed by atoms with E-state index in [1.54, 1.807) is 27.1 Å². The highest BCUT2D eigenvalue weighted by molar-refractivity contribution is 7.09. The first-order valence-corrected chi connectivity index (χ1v) is 9.53. The molecule has 0 fully saturated rings. The second kappa shape index (κ2) is 7.82. The zero-order chi connectivity index (χ0) is 17.8. The average Bonchev–Trinajstić information content (AvgIpc) is 3.27. The molecule has 6 nitrogen and oxygen atoms in total. The van der Waals surface area contributed by atoms with Gasteiger partial charge >= 0.3 is 0 Å². The molecule has 0 radical (unpaired) electrons. The van der Waals surface area contributed by atoms with Gasteiger partial charge in [-0.25, -0.2) is 0 Å². The van der Waals surface area contributed by atoms with Crippen LogP contribution in [0, 0.1) is 5.92 Å².